The minimum atomic E-state index is -1.17. The van der Waals surface area contributed by atoms with Crippen LogP contribution in [0, 0.1) is 0 Å². The first-order valence-electron chi connectivity index (χ1n) is 8.76. The third-order valence-corrected chi connectivity index (χ3v) is 5.39. The van der Waals surface area contributed by atoms with Gasteiger partial charge in [0.05, 0.1) is 12.6 Å². The average Bonchev–Trinajstić information content (AvgIpc) is 3.19. The van der Waals surface area contributed by atoms with Crippen LogP contribution >= 0.6 is 12.4 Å². The van der Waals surface area contributed by atoms with Gasteiger partial charge in [0.2, 0.25) is 5.89 Å². The number of carbonyl (C=O) groups excluding carboxylic acids is 2. The normalized spacial score (nSPS) is 23.0. The van der Waals surface area contributed by atoms with Gasteiger partial charge in [-0.1, -0.05) is 17.3 Å². The van der Waals surface area contributed by atoms with E-state index in [-0.39, 0.29) is 30.7 Å². The fraction of sp³-hybridized carbons (Fsp3) is 0.444. The molecular formula is C18H22ClN5O4. The van der Waals surface area contributed by atoms with Gasteiger partial charge in [0.15, 0.2) is 5.82 Å². The van der Waals surface area contributed by atoms with Crippen molar-refractivity contribution in [3.63, 3.8) is 0 Å². The van der Waals surface area contributed by atoms with E-state index < -0.39 is 17.1 Å². The molecule has 3 N–H and O–H groups in total. The van der Waals surface area contributed by atoms with Crippen molar-refractivity contribution in [2.75, 3.05) is 7.11 Å². The Hall–Kier alpha value is -2.65. The first-order valence-corrected chi connectivity index (χ1v) is 8.76. The minimum Gasteiger partial charge on any atom is -0.497 e. The van der Waals surface area contributed by atoms with Crippen LogP contribution in [-0.2, 0) is 22.4 Å². The van der Waals surface area contributed by atoms with Gasteiger partial charge in [-0.2, -0.15) is 4.98 Å². The molecule has 3 amide bonds. The molecule has 2 aromatic rings. The van der Waals surface area contributed by atoms with E-state index in [2.05, 4.69) is 15.5 Å². The number of aromatic nitrogens is 2. The molecule has 0 spiro atoms. The number of methoxy groups -OCH3 is 1. The van der Waals surface area contributed by atoms with Gasteiger partial charge in [0.1, 0.15) is 17.8 Å². The molecular weight excluding hydrogens is 386 g/mol. The van der Waals surface area contributed by atoms with E-state index in [9.17, 15) is 9.59 Å². The summed E-state index contributed by atoms with van der Waals surface area (Å²) in [4.78, 5) is 30.8. The molecule has 0 bridgehead atoms. The van der Waals surface area contributed by atoms with Crippen molar-refractivity contribution in [2.24, 2.45) is 5.73 Å². The van der Waals surface area contributed by atoms with Crippen LogP contribution in [0.4, 0.5) is 4.79 Å². The molecule has 150 valence electrons. The van der Waals surface area contributed by atoms with Crippen molar-refractivity contribution >= 4 is 24.3 Å². The first-order chi connectivity index (χ1) is 12.9. The Morgan fingerprint density at radius 1 is 1.29 bits per heavy atom. The lowest BCUT2D eigenvalue weighted by atomic mass is 9.77. The van der Waals surface area contributed by atoms with Gasteiger partial charge in [0, 0.05) is 0 Å². The summed E-state index contributed by atoms with van der Waals surface area (Å²) in [7, 11) is 1.56. The number of ether oxygens (including phenoxy) is 1. The molecule has 1 aromatic carbocycles. The SMILES string of the molecule is COc1ccc(C2(C)NC(=O)N(Cc3nc(C4(N)CCC4)no3)C2=O)cc1.Cl. The molecule has 1 atom stereocenters. The topological polar surface area (TPSA) is 124 Å². The zero-order valence-electron chi connectivity index (χ0n) is 15.6. The van der Waals surface area contributed by atoms with Crippen LogP contribution < -0.4 is 15.8 Å². The number of nitrogens with one attached hydrogen (secondary N) is 1. The maximum Gasteiger partial charge on any atom is 0.325 e. The van der Waals surface area contributed by atoms with Crippen LogP contribution in [0.3, 0.4) is 0 Å². The van der Waals surface area contributed by atoms with Crippen LogP contribution in [0.2, 0.25) is 0 Å². The second kappa shape index (κ2) is 7.06. The van der Waals surface area contributed by atoms with Gasteiger partial charge >= 0.3 is 6.03 Å². The van der Waals surface area contributed by atoms with Crippen LogP contribution in [-0.4, -0.2) is 34.1 Å². The van der Waals surface area contributed by atoms with Crippen LogP contribution in [0.5, 0.6) is 5.75 Å². The largest absolute Gasteiger partial charge is 0.497 e. The van der Waals surface area contributed by atoms with Gasteiger partial charge in [-0.15, -0.1) is 12.4 Å². The van der Waals surface area contributed by atoms with E-state index >= 15 is 0 Å². The summed E-state index contributed by atoms with van der Waals surface area (Å²) < 4.78 is 10.4. The second-order valence-corrected chi connectivity index (χ2v) is 7.20. The smallest absolute Gasteiger partial charge is 0.325 e. The third kappa shape index (κ3) is 3.10. The van der Waals surface area contributed by atoms with Crippen molar-refractivity contribution in [1.82, 2.24) is 20.4 Å². The number of hydrogen-bond acceptors (Lipinski definition) is 7. The number of nitrogens with two attached hydrogens (primary N) is 1. The highest BCUT2D eigenvalue weighted by atomic mass is 35.5. The number of hydrogen-bond donors (Lipinski definition) is 2. The summed E-state index contributed by atoms with van der Waals surface area (Å²) in [5.74, 6) is 0.891. The summed E-state index contributed by atoms with van der Waals surface area (Å²) in [6.07, 6.45) is 2.61. The number of nitrogens with zero attached hydrogens (tertiary/aromatic N) is 3. The van der Waals surface area contributed by atoms with E-state index in [1.807, 2.05) is 0 Å². The molecule has 1 saturated carbocycles. The first kappa shape index (κ1) is 20.1. The molecule has 1 saturated heterocycles. The average molecular weight is 408 g/mol. The molecule has 2 heterocycles. The summed E-state index contributed by atoms with van der Waals surface area (Å²) in [6.45, 7) is 1.57. The highest BCUT2D eigenvalue weighted by Gasteiger charge is 2.49. The standard InChI is InChI=1S/C18H21N5O4.ClH/c1-17(11-4-6-12(26-2)7-5-11)15(24)23(16(25)21-17)10-13-20-14(22-27-13)18(19)8-3-9-18;/h4-7H,3,8-10,19H2,1-2H3,(H,21,25);1H. The predicted molar refractivity (Wildman–Crippen MR) is 101 cm³/mol. The van der Waals surface area contributed by atoms with Crippen molar-refractivity contribution in [1.29, 1.82) is 0 Å². The zero-order valence-corrected chi connectivity index (χ0v) is 16.4. The summed E-state index contributed by atoms with van der Waals surface area (Å²) in [5, 5.41) is 6.67. The molecule has 1 unspecified atom stereocenters. The van der Waals surface area contributed by atoms with Crippen molar-refractivity contribution in [3.8, 4) is 5.75 Å². The second-order valence-electron chi connectivity index (χ2n) is 7.20. The van der Waals surface area contributed by atoms with Crippen LogP contribution in [0.15, 0.2) is 28.8 Å². The number of amides is 3. The molecule has 1 aromatic heterocycles. The fourth-order valence-corrected chi connectivity index (χ4v) is 3.40. The van der Waals surface area contributed by atoms with E-state index in [0.717, 1.165) is 24.2 Å². The molecule has 0 radical (unpaired) electrons. The van der Waals surface area contributed by atoms with Crippen molar-refractivity contribution < 1.29 is 18.8 Å². The number of urea groups is 1. The van der Waals surface area contributed by atoms with Gasteiger partial charge in [-0.3, -0.25) is 9.69 Å². The van der Waals surface area contributed by atoms with Gasteiger partial charge in [-0.05, 0) is 43.9 Å². The number of rotatable bonds is 5. The number of imide groups is 1. The van der Waals surface area contributed by atoms with Crippen molar-refractivity contribution in [3.05, 3.63) is 41.5 Å². The van der Waals surface area contributed by atoms with Gasteiger partial charge in [0.25, 0.3) is 5.91 Å². The number of benzene rings is 1. The Morgan fingerprint density at radius 3 is 2.54 bits per heavy atom. The number of carbonyl (C=O) groups is 2. The third-order valence-electron chi connectivity index (χ3n) is 5.39. The summed E-state index contributed by atoms with van der Waals surface area (Å²) >= 11 is 0. The van der Waals surface area contributed by atoms with E-state index in [1.54, 1.807) is 38.3 Å². The minimum absolute atomic E-state index is 0. The van der Waals surface area contributed by atoms with Crippen LogP contribution in [0.1, 0.15) is 43.5 Å². The Kier molecular flexibility index (Phi) is 5.07. The predicted octanol–water partition coefficient (Wildman–Crippen LogP) is 1.81. The van der Waals surface area contributed by atoms with E-state index in [0.29, 0.717) is 17.1 Å². The molecule has 1 aliphatic heterocycles. The van der Waals surface area contributed by atoms with E-state index in [4.69, 9.17) is 15.0 Å². The van der Waals surface area contributed by atoms with Crippen LogP contribution in [0.25, 0.3) is 0 Å². The molecule has 9 nitrogen and oxygen atoms in total. The zero-order chi connectivity index (χ0) is 19.2. The number of halogens is 1. The Labute approximate surface area is 168 Å². The molecule has 28 heavy (non-hydrogen) atoms. The molecule has 2 fully saturated rings. The molecule has 1 aliphatic carbocycles. The lowest BCUT2D eigenvalue weighted by Gasteiger charge is -2.34. The fourth-order valence-electron chi connectivity index (χ4n) is 3.40. The summed E-state index contributed by atoms with van der Waals surface area (Å²) in [5.41, 5.74) is 5.12. The Balaban J connectivity index is 0.00000225. The Morgan fingerprint density at radius 2 is 1.96 bits per heavy atom. The molecule has 2 aliphatic rings. The summed E-state index contributed by atoms with van der Waals surface area (Å²) in [6, 6.07) is 6.47. The van der Waals surface area contributed by atoms with Crippen molar-refractivity contribution in [2.45, 2.75) is 43.8 Å². The molecule has 4 rings (SSSR count). The quantitative estimate of drug-likeness (QED) is 0.724. The van der Waals surface area contributed by atoms with Gasteiger partial charge < -0.3 is 20.3 Å². The maximum absolute atomic E-state index is 13.0. The van der Waals surface area contributed by atoms with Gasteiger partial charge in [-0.25, -0.2) is 4.79 Å². The lowest BCUT2D eigenvalue weighted by molar-refractivity contribution is -0.131. The lowest BCUT2D eigenvalue weighted by Crippen LogP contribution is -2.44. The Bertz CT molecular complexity index is 896. The highest BCUT2D eigenvalue weighted by Crippen LogP contribution is 2.37. The molecule has 10 heteroatoms. The highest BCUT2D eigenvalue weighted by molar-refractivity contribution is 6.07. The maximum atomic E-state index is 13.0. The monoisotopic (exact) mass is 407 g/mol. The van der Waals surface area contributed by atoms with E-state index in [1.165, 1.54) is 0 Å².